The summed E-state index contributed by atoms with van der Waals surface area (Å²) in [6, 6.07) is 7.85. The number of piperazine rings is 1. The second-order valence-electron chi connectivity index (χ2n) is 8.52. The molecule has 0 bridgehead atoms. The second-order valence-corrected chi connectivity index (χ2v) is 9.34. The lowest BCUT2D eigenvalue weighted by atomic mass is 10.1. The molecule has 3 aromatic rings. The fourth-order valence-electron chi connectivity index (χ4n) is 4.43. The number of fused-ring (bicyclic) bond motifs is 1. The zero-order valence-electron chi connectivity index (χ0n) is 17.5. The van der Waals surface area contributed by atoms with Crippen molar-refractivity contribution < 1.29 is 4.79 Å². The lowest BCUT2D eigenvalue weighted by Crippen LogP contribution is -2.49. The zero-order chi connectivity index (χ0) is 21.5. The maximum absolute atomic E-state index is 13.0. The fourth-order valence-corrected chi connectivity index (χ4v) is 4.76. The molecule has 0 N–H and O–H groups in total. The van der Waals surface area contributed by atoms with Gasteiger partial charge in [-0.2, -0.15) is 5.10 Å². The van der Waals surface area contributed by atoms with Crippen LogP contribution in [0, 0.1) is 6.92 Å². The van der Waals surface area contributed by atoms with Gasteiger partial charge in [0.15, 0.2) is 5.65 Å². The normalized spacial score (nSPS) is 17.5. The molecule has 1 aliphatic heterocycles. The fraction of sp³-hybridized carbons (Fsp3) is 0.435. The summed E-state index contributed by atoms with van der Waals surface area (Å²) in [5.41, 5.74) is 4.25. The zero-order valence-corrected chi connectivity index (χ0v) is 19.0. The van der Waals surface area contributed by atoms with Crippen molar-refractivity contribution in [3.8, 4) is 0 Å². The number of carbonyl (C=O) groups excluding carboxylic acids is 1. The van der Waals surface area contributed by atoms with E-state index < -0.39 is 0 Å². The van der Waals surface area contributed by atoms with Crippen LogP contribution in [0.2, 0.25) is 10.0 Å². The highest BCUT2D eigenvalue weighted by Crippen LogP contribution is 2.43. The number of rotatable bonds is 5. The first-order valence-electron chi connectivity index (χ1n) is 10.8. The van der Waals surface area contributed by atoms with Gasteiger partial charge in [-0.3, -0.25) is 9.69 Å². The molecule has 1 saturated heterocycles. The molecular weight excluding hydrogens is 433 g/mol. The van der Waals surface area contributed by atoms with E-state index in [0.717, 1.165) is 41.9 Å². The minimum Gasteiger partial charge on any atom is -0.339 e. The molecule has 6 nitrogen and oxygen atoms in total. The second kappa shape index (κ2) is 8.41. The largest absolute Gasteiger partial charge is 0.339 e. The number of amides is 1. The third-order valence-electron chi connectivity index (χ3n) is 6.26. The minimum atomic E-state index is 0.0946. The summed E-state index contributed by atoms with van der Waals surface area (Å²) in [6.07, 6.45) is 4.31. The van der Waals surface area contributed by atoms with Gasteiger partial charge >= 0.3 is 0 Å². The Hall–Kier alpha value is -2.15. The van der Waals surface area contributed by atoms with Gasteiger partial charge in [-0.1, -0.05) is 29.3 Å². The lowest BCUT2D eigenvalue weighted by Gasteiger charge is -2.34. The number of carbonyl (C=O) groups is 1. The van der Waals surface area contributed by atoms with Crippen molar-refractivity contribution >= 4 is 40.1 Å². The van der Waals surface area contributed by atoms with Crippen LogP contribution >= 0.6 is 23.2 Å². The molecule has 1 aliphatic carbocycles. The summed E-state index contributed by atoms with van der Waals surface area (Å²) in [5, 5.41) is 6.93. The van der Waals surface area contributed by atoms with Gasteiger partial charge in [0.25, 0.3) is 0 Å². The van der Waals surface area contributed by atoms with Crippen molar-refractivity contribution in [3.05, 3.63) is 57.3 Å². The summed E-state index contributed by atoms with van der Waals surface area (Å²) in [6.45, 7) is 6.12. The van der Waals surface area contributed by atoms with E-state index in [9.17, 15) is 4.79 Å². The Bertz CT molecular complexity index is 1130. The molecule has 31 heavy (non-hydrogen) atoms. The molecule has 0 radical (unpaired) electrons. The van der Waals surface area contributed by atoms with Gasteiger partial charge in [-0.05, 0) is 55.0 Å². The Balaban J connectivity index is 1.22. The van der Waals surface area contributed by atoms with Gasteiger partial charge < -0.3 is 4.90 Å². The van der Waals surface area contributed by atoms with Crippen molar-refractivity contribution in [2.75, 3.05) is 26.2 Å². The van der Waals surface area contributed by atoms with E-state index in [1.165, 1.54) is 18.4 Å². The molecule has 0 spiro atoms. The van der Waals surface area contributed by atoms with Gasteiger partial charge in [0.1, 0.15) is 6.54 Å². The van der Waals surface area contributed by atoms with Crippen molar-refractivity contribution in [1.29, 1.82) is 0 Å². The molecular formula is C23H25Cl2N5O. The van der Waals surface area contributed by atoms with Crippen LogP contribution in [-0.4, -0.2) is 56.7 Å². The highest BCUT2D eigenvalue weighted by molar-refractivity contribution is 6.42. The molecule has 8 heteroatoms. The van der Waals surface area contributed by atoms with Crippen LogP contribution in [0.4, 0.5) is 0 Å². The summed E-state index contributed by atoms with van der Waals surface area (Å²) in [4.78, 5) is 21.8. The van der Waals surface area contributed by atoms with Crippen LogP contribution in [0.1, 0.15) is 35.6 Å². The van der Waals surface area contributed by atoms with Crippen LogP contribution in [0.5, 0.6) is 0 Å². The highest BCUT2D eigenvalue weighted by Gasteiger charge is 2.28. The number of nitrogens with zero attached hydrogens (tertiary/aromatic N) is 5. The molecule has 2 aromatic heterocycles. The van der Waals surface area contributed by atoms with Crippen LogP contribution in [0.15, 0.2) is 30.5 Å². The average Bonchev–Trinajstić information content (AvgIpc) is 3.56. The molecule has 0 atom stereocenters. The quantitative estimate of drug-likeness (QED) is 0.573. The van der Waals surface area contributed by atoms with Gasteiger partial charge in [-0.25, -0.2) is 9.67 Å². The minimum absolute atomic E-state index is 0.0946. The van der Waals surface area contributed by atoms with Crippen molar-refractivity contribution in [3.63, 3.8) is 0 Å². The summed E-state index contributed by atoms with van der Waals surface area (Å²) in [7, 11) is 0. The predicted molar refractivity (Wildman–Crippen MR) is 123 cm³/mol. The maximum Gasteiger partial charge on any atom is 0.244 e. The molecule has 1 amide bonds. The summed E-state index contributed by atoms with van der Waals surface area (Å²) < 4.78 is 1.78. The molecule has 2 aliphatic rings. The van der Waals surface area contributed by atoms with Gasteiger partial charge in [0.05, 0.1) is 15.7 Å². The van der Waals surface area contributed by atoms with E-state index in [2.05, 4.69) is 21.0 Å². The van der Waals surface area contributed by atoms with Crippen molar-refractivity contribution in [2.24, 2.45) is 0 Å². The molecule has 2 fully saturated rings. The van der Waals surface area contributed by atoms with Gasteiger partial charge in [0, 0.05) is 44.3 Å². The van der Waals surface area contributed by atoms with Crippen LogP contribution in [0.3, 0.4) is 0 Å². The van der Waals surface area contributed by atoms with E-state index in [1.807, 2.05) is 36.2 Å². The Morgan fingerprint density at radius 3 is 2.58 bits per heavy atom. The SMILES string of the molecule is Cc1nn(CC(=O)N2CCN(Cc3ccc(Cl)c(Cl)c3)CC2)c2nccc(C3CC3)c12. The third-order valence-corrected chi connectivity index (χ3v) is 7.00. The molecule has 162 valence electrons. The van der Waals surface area contributed by atoms with E-state index in [0.29, 0.717) is 29.1 Å². The maximum atomic E-state index is 13.0. The van der Waals surface area contributed by atoms with Crippen molar-refractivity contribution in [2.45, 2.75) is 38.8 Å². The Kier molecular flexibility index (Phi) is 5.63. The predicted octanol–water partition coefficient (Wildman–Crippen LogP) is 4.27. The smallest absolute Gasteiger partial charge is 0.244 e. The highest BCUT2D eigenvalue weighted by atomic mass is 35.5. The van der Waals surface area contributed by atoms with Crippen molar-refractivity contribution in [1.82, 2.24) is 24.6 Å². The molecule has 1 aromatic carbocycles. The molecule has 0 unspecified atom stereocenters. The first-order valence-corrected chi connectivity index (χ1v) is 11.5. The number of hydrogen-bond acceptors (Lipinski definition) is 4. The Labute approximate surface area is 191 Å². The van der Waals surface area contributed by atoms with Crippen LogP contribution in [0.25, 0.3) is 11.0 Å². The van der Waals surface area contributed by atoms with E-state index in [4.69, 9.17) is 23.2 Å². The number of pyridine rings is 1. The van der Waals surface area contributed by atoms with Gasteiger partial charge in [0.2, 0.25) is 5.91 Å². The van der Waals surface area contributed by atoms with Gasteiger partial charge in [-0.15, -0.1) is 0 Å². The number of aromatic nitrogens is 3. The third kappa shape index (κ3) is 4.29. The first-order chi connectivity index (χ1) is 15.0. The Morgan fingerprint density at radius 1 is 1.10 bits per heavy atom. The lowest BCUT2D eigenvalue weighted by molar-refractivity contribution is -0.133. The summed E-state index contributed by atoms with van der Waals surface area (Å²) in [5.74, 6) is 0.721. The molecule has 3 heterocycles. The number of hydrogen-bond donors (Lipinski definition) is 0. The standard InChI is InChI=1S/C23H25Cl2N5O/c1-15-22-18(17-3-4-17)6-7-26-23(22)30(27-15)14-21(31)29-10-8-28(9-11-29)13-16-2-5-19(24)20(25)12-16/h2,5-7,12,17H,3-4,8-11,13-14H2,1H3. The number of halogens is 2. The number of benzene rings is 1. The Morgan fingerprint density at radius 2 is 1.87 bits per heavy atom. The number of aryl methyl sites for hydroxylation is 1. The first kappa shape index (κ1) is 20.7. The van der Waals surface area contributed by atoms with E-state index in [-0.39, 0.29) is 12.5 Å². The monoisotopic (exact) mass is 457 g/mol. The van der Waals surface area contributed by atoms with Crippen LogP contribution in [-0.2, 0) is 17.9 Å². The molecule has 1 saturated carbocycles. The topological polar surface area (TPSA) is 54.3 Å². The molecule has 5 rings (SSSR count). The van der Waals surface area contributed by atoms with Crippen LogP contribution < -0.4 is 0 Å². The average molecular weight is 458 g/mol. The van der Waals surface area contributed by atoms with E-state index >= 15 is 0 Å². The summed E-state index contributed by atoms with van der Waals surface area (Å²) >= 11 is 12.1. The van der Waals surface area contributed by atoms with E-state index in [1.54, 1.807) is 4.68 Å².